The summed E-state index contributed by atoms with van der Waals surface area (Å²) in [5.74, 6) is 0. The van der Waals surface area contributed by atoms with Crippen molar-refractivity contribution in [3.05, 3.63) is 12.2 Å². The summed E-state index contributed by atoms with van der Waals surface area (Å²) in [7, 11) is 0. The van der Waals surface area contributed by atoms with Crippen LogP contribution in [0, 0.1) is 0 Å². The molecule has 1 aliphatic rings. The normalized spacial score (nSPS) is 36.9. The lowest BCUT2D eigenvalue weighted by molar-refractivity contribution is 0.251. The van der Waals surface area contributed by atoms with E-state index in [-0.39, 0.29) is 0 Å². The Morgan fingerprint density at radius 2 is 2.44 bits per heavy atom. The minimum atomic E-state index is -0.964. The summed E-state index contributed by atoms with van der Waals surface area (Å²) in [6, 6.07) is 0.311. The predicted octanol–water partition coefficient (Wildman–Crippen LogP) is 1.61. The standard InChI is InChI=1S/C7H12FN/c1-5-3-4-6(2)9-7(5)8/h6-7,9H,1,3-4H2,2H3. The molecule has 0 spiro atoms. The monoisotopic (exact) mass is 129 g/mol. The highest BCUT2D eigenvalue weighted by Crippen LogP contribution is 2.17. The molecule has 1 N–H and O–H groups in total. The Morgan fingerprint density at radius 3 is 2.89 bits per heavy atom. The van der Waals surface area contributed by atoms with E-state index < -0.39 is 6.30 Å². The third-order valence-electron chi connectivity index (χ3n) is 1.69. The molecule has 1 heterocycles. The first-order valence-corrected chi connectivity index (χ1v) is 3.28. The average Bonchev–Trinajstić information content (AvgIpc) is 1.80. The number of halogens is 1. The Morgan fingerprint density at radius 1 is 1.78 bits per heavy atom. The first-order valence-electron chi connectivity index (χ1n) is 3.28. The Kier molecular flexibility index (Phi) is 1.86. The molecule has 1 nitrogen and oxygen atoms in total. The van der Waals surface area contributed by atoms with Gasteiger partial charge in [0.2, 0.25) is 0 Å². The molecular weight excluding hydrogens is 117 g/mol. The van der Waals surface area contributed by atoms with Gasteiger partial charge in [-0.05, 0) is 25.3 Å². The van der Waals surface area contributed by atoms with Crippen LogP contribution in [0.15, 0.2) is 12.2 Å². The van der Waals surface area contributed by atoms with Crippen molar-refractivity contribution < 1.29 is 4.39 Å². The lowest BCUT2D eigenvalue weighted by Gasteiger charge is -2.24. The lowest BCUT2D eigenvalue weighted by Crippen LogP contribution is -2.38. The van der Waals surface area contributed by atoms with Gasteiger partial charge >= 0.3 is 0 Å². The highest BCUT2D eigenvalue weighted by atomic mass is 19.1. The van der Waals surface area contributed by atoms with E-state index in [1.165, 1.54) is 0 Å². The summed E-state index contributed by atoms with van der Waals surface area (Å²) in [6.07, 6.45) is 0.878. The quantitative estimate of drug-likeness (QED) is 0.387. The SMILES string of the molecule is C=C1CCC(C)NC1F. The fourth-order valence-corrected chi connectivity index (χ4v) is 0.980. The van der Waals surface area contributed by atoms with Crippen LogP contribution in [-0.4, -0.2) is 12.3 Å². The van der Waals surface area contributed by atoms with Gasteiger partial charge in [0.15, 0.2) is 6.30 Å². The molecule has 1 rings (SSSR count). The van der Waals surface area contributed by atoms with Crippen LogP contribution in [0.1, 0.15) is 19.8 Å². The van der Waals surface area contributed by atoms with Crippen molar-refractivity contribution >= 4 is 0 Å². The minimum Gasteiger partial charge on any atom is -0.282 e. The van der Waals surface area contributed by atoms with E-state index in [4.69, 9.17) is 0 Å². The lowest BCUT2D eigenvalue weighted by atomic mass is 10.0. The van der Waals surface area contributed by atoms with E-state index in [1.807, 2.05) is 6.92 Å². The van der Waals surface area contributed by atoms with Crippen LogP contribution < -0.4 is 5.32 Å². The molecule has 2 heteroatoms. The van der Waals surface area contributed by atoms with Crippen molar-refractivity contribution in [1.82, 2.24) is 5.32 Å². The maximum absolute atomic E-state index is 12.6. The number of hydrogen-bond acceptors (Lipinski definition) is 1. The molecule has 9 heavy (non-hydrogen) atoms. The molecular formula is C7H12FN. The van der Waals surface area contributed by atoms with Crippen LogP contribution >= 0.6 is 0 Å². The van der Waals surface area contributed by atoms with Crippen LogP contribution in [0.2, 0.25) is 0 Å². The van der Waals surface area contributed by atoms with E-state index in [0.29, 0.717) is 11.6 Å². The third-order valence-corrected chi connectivity index (χ3v) is 1.69. The van der Waals surface area contributed by atoms with Gasteiger partial charge < -0.3 is 0 Å². The summed E-state index contributed by atoms with van der Waals surface area (Å²) < 4.78 is 12.6. The van der Waals surface area contributed by atoms with E-state index in [0.717, 1.165) is 12.8 Å². The molecule has 2 unspecified atom stereocenters. The second-order valence-corrected chi connectivity index (χ2v) is 2.63. The van der Waals surface area contributed by atoms with Gasteiger partial charge in [-0.2, -0.15) is 0 Å². The van der Waals surface area contributed by atoms with Crippen molar-refractivity contribution in [3.63, 3.8) is 0 Å². The first kappa shape index (κ1) is 6.75. The molecule has 2 atom stereocenters. The predicted molar refractivity (Wildman–Crippen MR) is 35.9 cm³/mol. The second-order valence-electron chi connectivity index (χ2n) is 2.63. The highest BCUT2D eigenvalue weighted by molar-refractivity contribution is 5.04. The summed E-state index contributed by atoms with van der Waals surface area (Å²) in [5.41, 5.74) is 0.688. The largest absolute Gasteiger partial charge is 0.282 e. The van der Waals surface area contributed by atoms with Crippen LogP contribution in [0.25, 0.3) is 0 Å². The van der Waals surface area contributed by atoms with E-state index in [2.05, 4.69) is 11.9 Å². The van der Waals surface area contributed by atoms with Gasteiger partial charge in [0, 0.05) is 6.04 Å². The summed E-state index contributed by atoms with van der Waals surface area (Å²) >= 11 is 0. The highest BCUT2D eigenvalue weighted by Gasteiger charge is 2.19. The molecule has 0 radical (unpaired) electrons. The molecule has 0 aliphatic carbocycles. The molecule has 0 aromatic rings. The zero-order chi connectivity index (χ0) is 6.85. The first-order chi connectivity index (χ1) is 4.20. The van der Waals surface area contributed by atoms with Gasteiger partial charge in [-0.1, -0.05) is 6.58 Å². The zero-order valence-corrected chi connectivity index (χ0v) is 5.65. The van der Waals surface area contributed by atoms with E-state index in [9.17, 15) is 4.39 Å². The molecule has 1 fully saturated rings. The van der Waals surface area contributed by atoms with Crippen molar-refractivity contribution in [2.24, 2.45) is 0 Å². The Labute approximate surface area is 54.9 Å². The second kappa shape index (κ2) is 2.48. The van der Waals surface area contributed by atoms with Gasteiger partial charge in [-0.3, -0.25) is 5.32 Å². The van der Waals surface area contributed by atoms with Gasteiger partial charge in [-0.25, -0.2) is 4.39 Å². The van der Waals surface area contributed by atoms with Crippen molar-refractivity contribution in [3.8, 4) is 0 Å². The van der Waals surface area contributed by atoms with Crippen molar-refractivity contribution in [2.75, 3.05) is 0 Å². The summed E-state index contributed by atoms with van der Waals surface area (Å²) in [6.45, 7) is 5.58. The minimum absolute atomic E-state index is 0.311. The van der Waals surface area contributed by atoms with Crippen LogP contribution in [0.3, 0.4) is 0 Å². The fraction of sp³-hybridized carbons (Fsp3) is 0.714. The number of piperidine rings is 1. The van der Waals surface area contributed by atoms with Crippen LogP contribution in [0.4, 0.5) is 4.39 Å². The summed E-state index contributed by atoms with van der Waals surface area (Å²) in [4.78, 5) is 0. The Bertz CT molecular complexity index is 122. The smallest absolute Gasteiger partial charge is 0.172 e. The maximum atomic E-state index is 12.6. The van der Waals surface area contributed by atoms with Gasteiger partial charge in [0.05, 0.1) is 0 Å². The van der Waals surface area contributed by atoms with Gasteiger partial charge in [0.1, 0.15) is 0 Å². The van der Waals surface area contributed by atoms with Crippen molar-refractivity contribution in [1.29, 1.82) is 0 Å². The molecule has 0 amide bonds. The van der Waals surface area contributed by atoms with E-state index >= 15 is 0 Å². The Balaban J connectivity index is 2.44. The maximum Gasteiger partial charge on any atom is 0.172 e. The van der Waals surface area contributed by atoms with Crippen molar-refractivity contribution in [2.45, 2.75) is 32.1 Å². The fourth-order valence-electron chi connectivity index (χ4n) is 0.980. The molecule has 0 aromatic heterocycles. The number of alkyl halides is 1. The average molecular weight is 129 g/mol. The number of nitrogens with one attached hydrogen (secondary N) is 1. The molecule has 0 saturated carbocycles. The third kappa shape index (κ3) is 1.52. The topological polar surface area (TPSA) is 12.0 Å². The van der Waals surface area contributed by atoms with Gasteiger partial charge in [-0.15, -0.1) is 0 Å². The van der Waals surface area contributed by atoms with Crippen LogP contribution in [0.5, 0.6) is 0 Å². The summed E-state index contributed by atoms with van der Waals surface area (Å²) in [5, 5.41) is 2.76. The van der Waals surface area contributed by atoms with Crippen LogP contribution in [-0.2, 0) is 0 Å². The molecule has 1 saturated heterocycles. The molecule has 1 aliphatic heterocycles. The van der Waals surface area contributed by atoms with E-state index in [1.54, 1.807) is 0 Å². The Hall–Kier alpha value is -0.370. The molecule has 0 bridgehead atoms. The molecule has 0 aromatic carbocycles. The van der Waals surface area contributed by atoms with Gasteiger partial charge in [0.25, 0.3) is 0 Å². The number of hydrogen-bond donors (Lipinski definition) is 1. The molecule has 52 valence electrons. The number of rotatable bonds is 0. The zero-order valence-electron chi connectivity index (χ0n) is 5.65.